The molecule has 1 N–H and O–H groups in total. The highest BCUT2D eigenvalue weighted by Crippen LogP contribution is 2.45. The number of amides is 1. The van der Waals surface area contributed by atoms with Crippen molar-refractivity contribution in [3.63, 3.8) is 0 Å². The van der Waals surface area contributed by atoms with Gasteiger partial charge >= 0.3 is 0 Å². The maximum atomic E-state index is 13.0. The van der Waals surface area contributed by atoms with Gasteiger partial charge in [0.2, 0.25) is 0 Å². The zero-order chi connectivity index (χ0) is 18.2. The van der Waals surface area contributed by atoms with Crippen molar-refractivity contribution in [1.82, 2.24) is 0 Å². The molecule has 0 spiro atoms. The molecule has 4 nitrogen and oxygen atoms in total. The molecule has 130 valence electrons. The van der Waals surface area contributed by atoms with Crippen LogP contribution in [0.25, 0.3) is 0 Å². The van der Waals surface area contributed by atoms with Gasteiger partial charge < -0.3 is 10.0 Å². The molecule has 0 fully saturated rings. The van der Waals surface area contributed by atoms with Gasteiger partial charge in [-0.2, -0.15) is 0 Å². The van der Waals surface area contributed by atoms with E-state index in [4.69, 9.17) is 0 Å². The molecule has 1 unspecified atom stereocenters. The summed E-state index contributed by atoms with van der Waals surface area (Å²) in [4.78, 5) is 26.4. The van der Waals surface area contributed by atoms with Crippen LogP contribution in [0.2, 0.25) is 0 Å². The number of hydrogen-bond donors (Lipinski definition) is 1. The maximum Gasteiger partial charge on any atom is 0.264 e. The molecule has 0 saturated heterocycles. The first-order valence-electron chi connectivity index (χ1n) is 8.52. The maximum absolute atomic E-state index is 13.0. The molecule has 1 amide bonds. The van der Waals surface area contributed by atoms with Gasteiger partial charge in [-0.25, -0.2) is 0 Å². The largest absolute Gasteiger partial charge is 0.375 e. The van der Waals surface area contributed by atoms with Gasteiger partial charge in [0.05, 0.1) is 5.69 Å². The Morgan fingerprint density at radius 1 is 1.16 bits per heavy atom. The van der Waals surface area contributed by atoms with Crippen LogP contribution in [0.5, 0.6) is 0 Å². The number of Topliss-reactive ketones (excluding diaryl/α,β-unsaturated/α-hetero) is 1. The number of carbonyl (C=O) groups excluding carboxylic acids is 2. The number of aliphatic hydroxyl groups is 1. The third-order valence-electron chi connectivity index (χ3n) is 4.73. The minimum Gasteiger partial charge on any atom is -0.375 e. The first-order valence-corrected chi connectivity index (χ1v) is 8.52. The van der Waals surface area contributed by atoms with Gasteiger partial charge in [0.25, 0.3) is 5.91 Å². The summed E-state index contributed by atoms with van der Waals surface area (Å²) in [5.74, 6) is -0.604. The highest BCUT2D eigenvalue weighted by atomic mass is 16.3. The Morgan fingerprint density at radius 2 is 1.84 bits per heavy atom. The molecular weight excluding hydrogens is 314 g/mol. The summed E-state index contributed by atoms with van der Waals surface area (Å²) in [6.45, 7) is 5.74. The monoisotopic (exact) mass is 337 g/mol. The molecule has 1 heterocycles. The van der Waals surface area contributed by atoms with Crippen molar-refractivity contribution in [2.45, 2.75) is 39.2 Å². The topological polar surface area (TPSA) is 57.6 Å². The Morgan fingerprint density at radius 3 is 2.48 bits per heavy atom. The lowest BCUT2D eigenvalue weighted by Gasteiger charge is -2.22. The van der Waals surface area contributed by atoms with E-state index in [1.165, 1.54) is 6.92 Å². The van der Waals surface area contributed by atoms with Crippen molar-refractivity contribution in [3.8, 4) is 0 Å². The molecule has 1 atom stereocenters. The second kappa shape index (κ2) is 6.45. The van der Waals surface area contributed by atoms with E-state index in [1.807, 2.05) is 56.3 Å². The quantitative estimate of drug-likeness (QED) is 0.912. The van der Waals surface area contributed by atoms with Crippen LogP contribution < -0.4 is 4.90 Å². The standard InChI is InChI=1S/C21H23NO3/c1-14-11-15(2)19-18(12-14)21(25,13-16(3)23)20(24)22(19)10-9-17-7-5-4-6-8-17/h4-8,11-12,25H,9-10,13H2,1-3H3. The summed E-state index contributed by atoms with van der Waals surface area (Å²) in [5, 5.41) is 11.1. The van der Waals surface area contributed by atoms with Gasteiger partial charge in [0, 0.05) is 18.5 Å². The Hall–Kier alpha value is -2.46. The average Bonchev–Trinajstić information content (AvgIpc) is 2.75. The van der Waals surface area contributed by atoms with E-state index in [0.29, 0.717) is 18.5 Å². The second-order valence-corrected chi connectivity index (χ2v) is 6.91. The molecule has 25 heavy (non-hydrogen) atoms. The smallest absolute Gasteiger partial charge is 0.264 e. The molecule has 0 saturated carbocycles. The van der Waals surface area contributed by atoms with E-state index >= 15 is 0 Å². The fourth-order valence-electron chi connectivity index (χ4n) is 3.70. The predicted molar refractivity (Wildman–Crippen MR) is 97.6 cm³/mol. The fourth-order valence-corrected chi connectivity index (χ4v) is 3.70. The predicted octanol–water partition coefficient (Wildman–Crippen LogP) is 3.06. The number of nitrogens with zero attached hydrogens (tertiary/aromatic N) is 1. The molecule has 2 aromatic carbocycles. The minimum absolute atomic E-state index is 0.191. The number of fused-ring (bicyclic) bond motifs is 1. The van der Waals surface area contributed by atoms with Crippen molar-refractivity contribution in [3.05, 3.63) is 64.7 Å². The van der Waals surface area contributed by atoms with E-state index in [-0.39, 0.29) is 12.2 Å². The van der Waals surface area contributed by atoms with E-state index in [2.05, 4.69) is 0 Å². The van der Waals surface area contributed by atoms with E-state index < -0.39 is 11.5 Å². The van der Waals surface area contributed by atoms with Crippen LogP contribution in [0, 0.1) is 13.8 Å². The number of benzene rings is 2. The molecular formula is C21H23NO3. The van der Waals surface area contributed by atoms with Gasteiger partial charge in [-0.3, -0.25) is 9.59 Å². The van der Waals surface area contributed by atoms with E-state index in [1.54, 1.807) is 4.90 Å². The van der Waals surface area contributed by atoms with Gasteiger partial charge in [0.1, 0.15) is 5.78 Å². The van der Waals surface area contributed by atoms with Crippen LogP contribution in [0.1, 0.15) is 35.6 Å². The summed E-state index contributed by atoms with van der Waals surface area (Å²) in [5.41, 5.74) is 2.58. The molecule has 4 heteroatoms. The number of aryl methyl sites for hydroxylation is 2. The Bertz CT molecular complexity index is 829. The van der Waals surface area contributed by atoms with Crippen LogP contribution >= 0.6 is 0 Å². The molecule has 2 aromatic rings. The highest BCUT2D eigenvalue weighted by molar-refractivity contribution is 6.09. The zero-order valence-corrected chi connectivity index (χ0v) is 14.9. The number of ketones is 1. The average molecular weight is 337 g/mol. The van der Waals surface area contributed by atoms with Crippen LogP contribution in [0.3, 0.4) is 0 Å². The molecule has 1 aliphatic rings. The lowest BCUT2D eigenvalue weighted by molar-refractivity contribution is -0.141. The number of carbonyl (C=O) groups is 2. The lowest BCUT2D eigenvalue weighted by Crippen LogP contribution is -2.42. The van der Waals surface area contributed by atoms with Crippen molar-refractivity contribution in [2.24, 2.45) is 0 Å². The van der Waals surface area contributed by atoms with Crippen LogP contribution in [0.4, 0.5) is 5.69 Å². The molecule has 0 aliphatic carbocycles. The number of anilines is 1. The van der Waals surface area contributed by atoms with Crippen molar-refractivity contribution in [2.75, 3.05) is 11.4 Å². The number of hydrogen-bond acceptors (Lipinski definition) is 3. The van der Waals surface area contributed by atoms with Gasteiger partial charge in [-0.05, 0) is 38.3 Å². The summed E-state index contributed by atoms with van der Waals surface area (Å²) in [6, 6.07) is 13.8. The van der Waals surface area contributed by atoms with Crippen LogP contribution in [-0.4, -0.2) is 23.3 Å². The summed E-state index contributed by atoms with van der Waals surface area (Å²) >= 11 is 0. The Labute approximate surface area is 148 Å². The third-order valence-corrected chi connectivity index (χ3v) is 4.73. The van der Waals surface area contributed by atoms with Gasteiger partial charge in [-0.1, -0.05) is 48.0 Å². The SMILES string of the molecule is CC(=O)CC1(O)C(=O)N(CCc2ccccc2)c2c(C)cc(C)cc21. The first-order chi connectivity index (χ1) is 11.8. The van der Waals surface area contributed by atoms with Crippen LogP contribution in [-0.2, 0) is 21.6 Å². The molecule has 1 aliphatic heterocycles. The Kier molecular flexibility index (Phi) is 4.48. The van der Waals surface area contributed by atoms with Gasteiger partial charge in [0.15, 0.2) is 5.60 Å². The van der Waals surface area contributed by atoms with Gasteiger partial charge in [-0.15, -0.1) is 0 Å². The summed E-state index contributed by atoms with van der Waals surface area (Å²) in [6.07, 6.45) is 0.499. The van der Waals surface area contributed by atoms with Crippen molar-refractivity contribution >= 4 is 17.4 Å². The fraction of sp³-hybridized carbons (Fsp3) is 0.333. The highest BCUT2D eigenvalue weighted by Gasteiger charge is 2.50. The summed E-state index contributed by atoms with van der Waals surface area (Å²) in [7, 11) is 0. The first kappa shape index (κ1) is 17.4. The molecule has 0 bridgehead atoms. The molecule has 3 rings (SSSR count). The number of rotatable bonds is 5. The third kappa shape index (κ3) is 3.10. The lowest BCUT2D eigenvalue weighted by atomic mass is 9.88. The minimum atomic E-state index is -1.76. The summed E-state index contributed by atoms with van der Waals surface area (Å²) < 4.78 is 0. The van der Waals surface area contributed by atoms with Crippen LogP contribution in [0.15, 0.2) is 42.5 Å². The second-order valence-electron chi connectivity index (χ2n) is 6.91. The Balaban J connectivity index is 2.00. The normalized spacial score (nSPS) is 19.2. The van der Waals surface area contributed by atoms with Crippen molar-refractivity contribution < 1.29 is 14.7 Å². The molecule has 0 radical (unpaired) electrons. The molecule has 0 aromatic heterocycles. The van der Waals surface area contributed by atoms with Crippen molar-refractivity contribution in [1.29, 1.82) is 0 Å². The zero-order valence-electron chi connectivity index (χ0n) is 14.9. The van der Waals surface area contributed by atoms with E-state index in [0.717, 1.165) is 22.4 Å². The van der Waals surface area contributed by atoms with E-state index in [9.17, 15) is 14.7 Å².